The minimum absolute atomic E-state index is 0.619. The number of fused-ring (bicyclic) bond motifs is 8. The lowest BCUT2D eigenvalue weighted by molar-refractivity contribution is 0.623. The van der Waals surface area contributed by atoms with Gasteiger partial charge in [0.05, 0.1) is 5.69 Å². The molecule has 2 aromatic heterocycles. The average molecular weight is 705 g/mol. The topological polar surface area (TPSA) is 42.4 Å². The van der Waals surface area contributed by atoms with Crippen molar-refractivity contribution in [3.05, 3.63) is 194 Å². The average Bonchev–Trinajstić information content (AvgIpc) is 3.87. The number of rotatable bonds is 6. The highest BCUT2D eigenvalue weighted by Crippen LogP contribution is 2.44. The molecule has 0 fully saturated rings. The summed E-state index contributed by atoms with van der Waals surface area (Å²) in [6, 6.07) is 68.1. The second-order valence-corrected chi connectivity index (χ2v) is 13.9. The molecular formula is C51H32N2O2. The van der Waals surface area contributed by atoms with E-state index in [2.05, 4.69) is 157 Å². The monoisotopic (exact) mass is 704 g/mol. The van der Waals surface area contributed by atoms with Gasteiger partial charge in [-0.25, -0.2) is 4.98 Å². The van der Waals surface area contributed by atoms with Gasteiger partial charge in [0.25, 0.3) is 0 Å². The number of hydrogen-bond donors (Lipinski definition) is 0. The number of benzene rings is 9. The Kier molecular flexibility index (Phi) is 7.14. The van der Waals surface area contributed by atoms with E-state index in [9.17, 15) is 0 Å². The smallest absolute Gasteiger partial charge is 0.227 e. The summed E-state index contributed by atoms with van der Waals surface area (Å²) < 4.78 is 13.0. The Hall–Kier alpha value is -7.43. The number of oxazole rings is 1. The molecule has 2 heterocycles. The van der Waals surface area contributed by atoms with Crippen LogP contribution in [0.25, 0.3) is 88.3 Å². The van der Waals surface area contributed by atoms with Crippen molar-refractivity contribution in [2.24, 2.45) is 0 Å². The van der Waals surface area contributed by atoms with Crippen molar-refractivity contribution in [3.63, 3.8) is 0 Å². The lowest BCUT2D eigenvalue weighted by Crippen LogP contribution is -2.11. The molecule has 0 saturated carbocycles. The molecule has 0 aliphatic heterocycles. The summed E-state index contributed by atoms with van der Waals surface area (Å²) in [5, 5.41) is 6.64. The minimum Gasteiger partial charge on any atom is -0.455 e. The van der Waals surface area contributed by atoms with Crippen molar-refractivity contribution in [2.75, 3.05) is 4.90 Å². The Labute approximate surface area is 317 Å². The van der Waals surface area contributed by atoms with Gasteiger partial charge in [-0.1, -0.05) is 140 Å². The highest BCUT2D eigenvalue weighted by atomic mass is 16.3. The lowest BCUT2D eigenvalue weighted by atomic mass is 9.98. The van der Waals surface area contributed by atoms with Crippen molar-refractivity contribution in [1.82, 2.24) is 4.98 Å². The van der Waals surface area contributed by atoms with E-state index in [4.69, 9.17) is 13.8 Å². The van der Waals surface area contributed by atoms with Crippen LogP contribution in [0.3, 0.4) is 0 Å². The van der Waals surface area contributed by atoms with Gasteiger partial charge >= 0.3 is 0 Å². The van der Waals surface area contributed by atoms with Gasteiger partial charge < -0.3 is 13.7 Å². The normalized spacial score (nSPS) is 11.6. The third-order valence-electron chi connectivity index (χ3n) is 10.7. The maximum atomic E-state index is 6.59. The third kappa shape index (κ3) is 5.19. The molecule has 0 radical (unpaired) electrons. The Bertz CT molecular complexity index is 3200. The largest absolute Gasteiger partial charge is 0.455 e. The molecule has 0 amide bonds. The zero-order valence-electron chi connectivity index (χ0n) is 29.7. The predicted octanol–water partition coefficient (Wildman–Crippen LogP) is 14.5. The Morgan fingerprint density at radius 2 is 1.04 bits per heavy atom. The van der Waals surface area contributed by atoms with Crippen LogP contribution in [0.15, 0.2) is 203 Å². The molecule has 0 aliphatic rings. The molecule has 0 saturated heterocycles. The van der Waals surface area contributed by atoms with Crippen LogP contribution in [0.2, 0.25) is 0 Å². The molecule has 55 heavy (non-hydrogen) atoms. The van der Waals surface area contributed by atoms with Gasteiger partial charge in [0.1, 0.15) is 16.7 Å². The molecule has 0 bridgehead atoms. The van der Waals surface area contributed by atoms with Gasteiger partial charge in [-0.15, -0.1) is 0 Å². The van der Waals surface area contributed by atoms with E-state index in [1.165, 1.54) is 0 Å². The fourth-order valence-electron chi connectivity index (χ4n) is 8.08. The first-order valence-electron chi connectivity index (χ1n) is 18.5. The number of hydrogen-bond acceptors (Lipinski definition) is 4. The Balaban J connectivity index is 1.11. The molecule has 0 aliphatic carbocycles. The van der Waals surface area contributed by atoms with Crippen LogP contribution in [0, 0.1) is 0 Å². The summed E-state index contributed by atoms with van der Waals surface area (Å²) >= 11 is 0. The summed E-state index contributed by atoms with van der Waals surface area (Å²) in [5.74, 6) is 0.619. The number of aromatic nitrogens is 1. The van der Waals surface area contributed by atoms with Gasteiger partial charge in [-0.3, -0.25) is 0 Å². The van der Waals surface area contributed by atoms with Crippen molar-refractivity contribution in [1.29, 1.82) is 0 Å². The van der Waals surface area contributed by atoms with Gasteiger partial charge in [-0.2, -0.15) is 0 Å². The maximum Gasteiger partial charge on any atom is 0.227 e. The maximum absolute atomic E-state index is 6.59. The van der Waals surface area contributed by atoms with E-state index >= 15 is 0 Å². The van der Waals surface area contributed by atoms with E-state index in [1.54, 1.807) is 0 Å². The fourth-order valence-corrected chi connectivity index (χ4v) is 8.08. The van der Waals surface area contributed by atoms with Crippen molar-refractivity contribution >= 4 is 71.6 Å². The first-order valence-corrected chi connectivity index (χ1v) is 18.5. The van der Waals surface area contributed by atoms with Crippen LogP contribution in [0.4, 0.5) is 17.1 Å². The van der Waals surface area contributed by atoms with Crippen LogP contribution >= 0.6 is 0 Å². The van der Waals surface area contributed by atoms with Gasteiger partial charge in [-0.05, 0) is 81.9 Å². The molecule has 0 unspecified atom stereocenters. The zero-order chi connectivity index (χ0) is 36.3. The van der Waals surface area contributed by atoms with Crippen LogP contribution in [0.5, 0.6) is 0 Å². The van der Waals surface area contributed by atoms with Crippen LogP contribution in [0.1, 0.15) is 0 Å². The molecule has 0 N–H and O–H groups in total. The molecule has 0 atom stereocenters. The number of nitrogens with zero attached hydrogens (tertiary/aromatic N) is 2. The first-order chi connectivity index (χ1) is 27.3. The van der Waals surface area contributed by atoms with Gasteiger partial charge in [0.15, 0.2) is 5.58 Å². The summed E-state index contributed by atoms with van der Waals surface area (Å²) in [5.41, 5.74) is 12.0. The predicted molar refractivity (Wildman–Crippen MR) is 227 cm³/mol. The molecule has 258 valence electrons. The quantitative estimate of drug-likeness (QED) is 0.162. The Morgan fingerprint density at radius 1 is 0.400 bits per heavy atom. The van der Waals surface area contributed by atoms with E-state index in [1.807, 2.05) is 42.5 Å². The number of anilines is 3. The lowest BCUT2D eigenvalue weighted by Gasteiger charge is -2.28. The molecule has 9 aromatic carbocycles. The fraction of sp³-hybridized carbons (Fsp3) is 0. The second kappa shape index (κ2) is 12.6. The molecule has 4 heteroatoms. The highest BCUT2D eigenvalue weighted by Gasteiger charge is 2.20. The van der Waals surface area contributed by atoms with Crippen LogP contribution < -0.4 is 4.90 Å². The van der Waals surface area contributed by atoms with Crippen LogP contribution in [-0.2, 0) is 0 Å². The first kappa shape index (κ1) is 31.1. The molecule has 0 spiro atoms. The SMILES string of the molecule is c1ccc(-c2nc3ccc4ccc5ccc(N(c6ccc(-c7cccc8c7oc7ccccc78)cc6)c6ccccc6-c6ccccc6)cc5c4c3o2)cc1. The van der Waals surface area contributed by atoms with E-state index in [0.29, 0.717) is 5.89 Å². The summed E-state index contributed by atoms with van der Waals surface area (Å²) in [4.78, 5) is 7.28. The third-order valence-corrected chi connectivity index (χ3v) is 10.7. The van der Waals surface area contributed by atoms with E-state index in [0.717, 1.165) is 99.5 Å². The molecule has 11 rings (SSSR count). The molecule has 4 nitrogen and oxygen atoms in total. The van der Waals surface area contributed by atoms with Crippen molar-refractivity contribution in [2.45, 2.75) is 0 Å². The highest BCUT2D eigenvalue weighted by molar-refractivity contribution is 6.19. The second-order valence-electron chi connectivity index (χ2n) is 13.9. The summed E-state index contributed by atoms with van der Waals surface area (Å²) in [7, 11) is 0. The standard InChI is InChI=1S/C51H32N2O2/c1-3-12-33(13-4-1)40-16-7-9-20-46(40)53(38-28-24-34(25-29-38)41-18-11-19-43-42-17-8-10-21-47(42)54-49(41)43)39-30-26-35-22-23-36-27-31-45-50(48(36)44(35)32-39)55-51(52-45)37-14-5-2-6-15-37/h1-32H. The van der Waals surface area contributed by atoms with Gasteiger partial charge in [0.2, 0.25) is 5.89 Å². The van der Waals surface area contributed by atoms with Gasteiger partial charge in [0, 0.05) is 44.2 Å². The van der Waals surface area contributed by atoms with Crippen LogP contribution in [-0.4, -0.2) is 4.98 Å². The summed E-state index contributed by atoms with van der Waals surface area (Å²) in [6.07, 6.45) is 0. The van der Waals surface area contributed by atoms with Crippen molar-refractivity contribution in [3.8, 4) is 33.7 Å². The molecule has 11 aromatic rings. The minimum atomic E-state index is 0.619. The molecular weight excluding hydrogens is 673 g/mol. The van der Waals surface area contributed by atoms with Crippen molar-refractivity contribution < 1.29 is 8.83 Å². The Morgan fingerprint density at radius 3 is 1.89 bits per heavy atom. The van der Waals surface area contributed by atoms with E-state index in [-0.39, 0.29) is 0 Å². The van der Waals surface area contributed by atoms with E-state index < -0.39 is 0 Å². The zero-order valence-corrected chi connectivity index (χ0v) is 29.7. The number of furan rings is 1. The summed E-state index contributed by atoms with van der Waals surface area (Å²) in [6.45, 7) is 0. The number of para-hydroxylation sites is 3.